The van der Waals surface area contributed by atoms with E-state index in [1.807, 2.05) is 48.5 Å². The van der Waals surface area contributed by atoms with E-state index >= 15 is 0 Å². The van der Waals surface area contributed by atoms with Crippen molar-refractivity contribution in [3.05, 3.63) is 64.6 Å². The molecular formula is C26H30N6O3. The number of carbonyl (C=O) groups excluding carboxylic acids is 1. The zero-order chi connectivity index (χ0) is 24.7. The first kappa shape index (κ1) is 22.9. The van der Waals surface area contributed by atoms with E-state index in [2.05, 4.69) is 14.9 Å². The van der Waals surface area contributed by atoms with E-state index in [0.717, 1.165) is 25.2 Å². The van der Waals surface area contributed by atoms with Crippen LogP contribution >= 0.6 is 0 Å². The number of nitrogens with two attached hydrogens (primary N) is 1. The number of pyridine rings is 1. The van der Waals surface area contributed by atoms with Gasteiger partial charge < -0.3 is 15.5 Å². The van der Waals surface area contributed by atoms with Crippen molar-refractivity contribution in [3.8, 4) is 0 Å². The second-order valence-electron chi connectivity index (χ2n) is 9.92. The molecule has 1 aliphatic rings. The van der Waals surface area contributed by atoms with Gasteiger partial charge in [-0.3, -0.25) is 4.90 Å². The number of nitrogens with one attached hydrogen (secondary N) is 1. The van der Waals surface area contributed by atoms with Gasteiger partial charge in [0, 0.05) is 11.9 Å². The lowest BCUT2D eigenvalue weighted by Gasteiger charge is -2.28. The third-order valence-electron chi connectivity index (χ3n) is 6.08. The molecule has 3 heterocycles. The number of carbonyl (C=O) groups is 1. The molecule has 5 rings (SSSR count). The maximum Gasteiger partial charge on any atom is 0.434 e. The molecule has 1 saturated heterocycles. The molecule has 0 radical (unpaired) electrons. The highest BCUT2D eigenvalue weighted by atomic mass is 16.6. The van der Waals surface area contributed by atoms with Crippen molar-refractivity contribution in [3.63, 3.8) is 0 Å². The molecule has 35 heavy (non-hydrogen) atoms. The van der Waals surface area contributed by atoms with E-state index in [4.69, 9.17) is 10.5 Å². The summed E-state index contributed by atoms with van der Waals surface area (Å²) >= 11 is 0. The number of imidazole rings is 1. The molecule has 1 amide bonds. The number of para-hydroxylation sites is 1. The van der Waals surface area contributed by atoms with E-state index in [9.17, 15) is 9.59 Å². The number of rotatable bonds is 4. The monoisotopic (exact) mass is 474 g/mol. The molecule has 0 bridgehead atoms. The quantitative estimate of drug-likeness (QED) is 0.457. The molecule has 0 aliphatic carbocycles. The Hall–Kier alpha value is -3.85. The molecule has 2 aromatic carbocycles. The summed E-state index contributed by atoms with van der Waals surface area (Å²) in [4.78, 5) is 36.4. The number of nitrogens with zero attached hydrogens (tertiary/aromatic N) is 4. The Morgan fingerprint density at radius 1 is 1.11 bits per heavy atom. The number of anilines is 2. The van der Waals surface area contributed by atoms with Crippen LogP contribution in [0.25, 0.3) is 21.9 Å². The normalized spacial score (nSPS) is 14.6. The van der Waals surface area contributed by atoms with Gasteiger partial charge in [-0.05, 0) is 70.5 Å². The van der Waals surface area contributed by atoms with Gasteiger partial charge in [0.1, 0.15) is 22.5 Å². The highest BCUT2D eigenvalue weighted by Gasteiger charge is 2.29. The number of nitrogen functional groups attached to an aromatic ring is 1. The molecule has 0 spiro atoms. The topological polar surface area (TPSA) is 109 Å². The summed E-state index contributed by atoms with van der Waals surface area (Å²) in [5.41, 5.74) is 8.01. The van der Waals surface area contributed by atoms with Crippen LogP contribution in [0.2, 0.25) is 0 Å². The van der Waals surface area contributed by atoms with Gasteiger partial charge in [-0.1, -0.05) is 30.3 Å². The molecule has 0 atom stereocenters. The lowest BCUT2D eigenvalue weighted by atomic mass is 10.2. The van der Waals surface area contributed by atoms with E-state index in [0.29, 0.717) is 27.6 Å². The molecule has 1 aliphatic heterocycles. The first-order valence-electron chi connectivity index (χ1n) is 11.8. The Kier molecular flexibility index (Phi) is 5.72. The number of H-pyrrole nitrogens is 1. The Labute approximate surface area is 203 Å². The summed E-state index contributed by atoms with van der Waals surface area (Å²) in [5.74, 6) is 0.180. The van der Waals surface area contributed by atoms with E-state index in [1.54, 1.807) is 20.8 Å². The number of hydrogen-bond acceptors (Lipinski definition) is 6. The van der Waals surface area contributed by atoms with Crippen molar-refractivity contribution in [2.24, 2.45) is 0 Å². The Morgan fingerprint density at radius 2 is 1.80 bits per heavy atom. The standard InChI is InChI=1S/C26H30N6O3/c1-26(2,3)35-25(34)31(18-12-10-17(11-13-18)16-30-14-6-7-15-30)32-22-19-8-4-5-9-20(19)28-23(27)21(22)29-24(32)33/h4-5,8-13H,6-7,14-16H2,1-3H3,(H2,27,28)(H,29,33). The SMILES string of the molecule is CC(C)(C)OC(=O)N(c1ccc(CN2CCCC2)cc1)n1c(=O)[nH]c2c(N)nc3ccccc3c21. The first-order chi connectivity index (χ1) is 16.7. The highest BCUT2D eigenvalue weighted by molar-refractivity contribution is 6.07. The number of hydrogen-bond donors (Lipinski definition) is 2. The van der Waals surface area contributed by atoms with Gasteiger partial charge in [0.25, 0.3) is 0 Å². The van der Waals surface area contributed by atoms with Gasteiger partial charge in [0.15, 0.2) is 0 Å². The maximum absolute atomic E-state index is 13.5. The molecular weight excluding hydrogens is 444 g/mol. The van der Waals surface area contributed by atoms with Crippen LogP contribution in [0.4, 0.5) is 16.3 Å². The fourth-order valence-corrected chi connectivity index (χ4v) is 4.56. The molecule has 1 fully saturated rings. The van der Waals surface area contributed by atoms with E-state index in [1.165, 1.54) is 22.5 Å². The van der Waals surface area contributed by atoms with Gasteiger partial charge in [-0.2, -0.15) is 9.69 Å². The minimum Gasteiger partial charge on any atom is -0.442 e. The third kappa shape index (κ3) is 4.46. The van der Waals surface area contributed by atoms with Crippen molar-refractivity contribution >= 4 is 39.5 Å². The molecule has 3 N–H and O–H groups in total. The zero-order valence-corrected chi connectivity index (χ0v) is 20.2. The predicted molar refractivity (Wildman–Crippen MR) is 137 cm³/mol. The molecule has 0 unspecified atom stereocenters. The van der Waals surface area contributed by atoms with Crippen molar-refractivity contribution in [2.45, 2.75) is 45.8 Å². The van der Waals surface area contributed by atoms with Crippen LogP contribution in [0.1, 0.15) is 39.2 Å². The second kappa shape index (κ2) is 8.74. The van der Waals surface area contributed by atoms with Gasteiger partial charge in [0.2, 0.25) is 0 Å². The van der Waals surface area contributed by atoms with Crippen molar-refractivity contribution in [2.75, 3.05) is 23.8 Å². The highest BCUT2D eigenvalue weighted by Crippen LogP contribution is 2.29. The summed E-state index contributed by atoms with van der Waals surface area (Å²) in [7, 11) is 0. The lowest BCUT2D eigenvalue weighted by Crippen LogP contribution is -2.44. The minimum atomic E-state index is -0.761. The number of fused-ring (bicyclic) bond motifs is 3. The molecule has 4 aromatic rings. The zero-order valence-electron chi connectivity index (χ0n) is 20.2. The summed E-state index contributed by atoms with van der Waals surface area (Å²) in [5, 5.41) is 1.95. The number of amides is 1. The Bertz CT molecular complexity index is 1440. The molecule has 2 aromatic heterocycles. The van der Waals surface area contributed by atoms with Crippen molar-refractivity contribution in [1.82, 2.24) is 19.5 Å². The van der Waals surface area contributed by atoms with Crippen LogP contribution < -0.4 is 16.4 Å². The number of aromatic amines is 1. The summed E-state index contributed by atoms with van der Waals surface area (Å²) in [6.07, 6.45) is 1.77. The van der Waals surface area contributed by atoms with Crippen LogP contribution in [-0.4, -0.2) is 44.3 Å². The average molecular weight is 475 g/mol. The van der Waals surface area contributed by atoms with Gasteiger partial charge in [-0.25, -0.2) is 14.6 Å². The summed E-state index contributed by atoms with van der Waals surface area (Å²) in [6, 6.07) is 15.0. The Morgan fingerprint density at radius 3 is 2.49 bits per heavy atom. The van der Waals surface area contributed by atoms with Crippen molar-refractivity contribution < 1.29 is 9.53 Å². The van der Waals surface area contributed by atoms with Crippen LogP contribution in [0.5, 0.6) is 0 Å². The number of benzene rings is 2. The summed E-state index contributed by atoms with van der Waals surface area (Å²) in [6.45, 7) is 8.41. The minimum absolute atomic E-state index is 0.180. The van der Waals surface area contributed by atoms with Crippen LogP contribution in [-0.2, 0) is 11.3 Å². The Balaban J connectivity index is 1.66. The number of ether oxygens (including phenoxy) is 1. The number of likely N-dealkylation sites (tertiary alicyclic amines) is 1. The van der Waals surface area contributed by atoms with E-state index < -0.39 is 17.4 Å². The molecule has 9 nitrogen and oxygen atoms in total. The fraction of sp³-hybridized carbons (Fsp3) is 0.346. The van der Waals surface area contributed by atoms with Crippen LogP contribution in [0.3, 0.4) is 0 Å². The largest absolute Gasteiger partial charge is 0.442 e. The predicted octanol–water partition coefficient (Wildman–Crippen LogP) is 4.26. The van der Waals surface area contributed by atoms with Gasteiger partial charge in [0.05, 0.1) is 11.2 Å². The molecule has 0 saturated carbocycles. The number of aromatic nitrogens is 3. The van der Waals surface area contributed by atoms with Crippen LogP contribution in [0.15, 0.2) is 53.3 Å². The van der Waals surface area contributed by atoms with Crippen molar-refractivity contribution in [1.29, 1.82) is 0 Å². The molecule has 182 valence electrons. The average Bonchev–Trinajstić information content (AvgIpc) is 3.43. The first-order valence-corrected chi connectivity index (χ1v) is 11.8. The van der Waals surface area contributed by atoms with E-state index in [-0.39, 0.29) is 5.82 Å². The third-order valence-corrected chi connectivity index (χ3v) is 6.08. The fourth-order valence-electron chi connectivity index (χ4n) is 4.56. The second-order valence-corrected chi connectivity index (χ2v) is 9.92. The van der Waals surface area contributed by atoms with Gasteiger partial charge >= 0.3 is 11.8 Å². The summed E-state index contributed by atoms with van der Waals surface area (Å²) < 4.78 is 7.01. The van der Waals surface area contributed by atoms with Gasteiger partial charge in [-0.15, -0.1) is 0 Å². The lowest BCUT2D eigenvalue weighted by molar-refractivity contribution is 0.0564. The van der Waals surface area contributed by atoms with Crippen LogP contribution in [0, 0.1) is 0 Å². The smallest absolute Gasteiger partial charge is 0.434 e. The maximum atomic E-state index is 13.5. The molecule has 9 heteroatoms.